The fourth-order valence-electron chi connectivity index (χ4n) is 1.83. The molecule has 0 bridgehead atoms. The molecule has 1 heterocycles. The number of carboxylic acid groups (broad SMARTS) is 1. The van der Waals surface area contributed by atoms with Crippen molar-refractivity contribution in [1.82, 2.24) is 0 Å². The summed E-state index contributed by atoms with van der Waals surface area (Å²) in [5, 5.41) is 8.89. The topological polar surface area (TPSA) is 92.9 Å². The van der Waals surface area contributed by atoms with E-state index in [-0.39, 0.29) is 18.1 Å². The van der Waals surface area contributed by atoms with E-state index in [9.17, 15) is 9.59 Å². The van der Waals surface area contributed by atoms with Crippen molar-refractivity contribution < 1.29 is 19.4 Å². The molecule has 0 saturated heterocycles. The Morgan fingerprint density at radius 2 is 2.28 bits per heavy atom. The van der Waals surface area contributed by atoms with Crippen molar-refractivity contribution in [3.8, 4) is 5.75 Å². The molecule has 6 heteroatoms. The van der Waals surface area contributed by atoms with Crippen LogP contribution in [0.5, 0.6) is 5.75 Å². The van der Waals surface area contributed by atoms with Gasteiger partial charge in [-0.3, -0.25) is 4.79 Å². The lowest BCUT2D eigenvalue weighted by molar-refractivity contribution is -0.121. The number of carboxylic acids is 1. The number of nitrogens with two attached hydrogens (primary N) is 1. The first kappa shape index (κ1) is 12.4. The third kappa shape index (κ3) is 2.28. The number of anilines is 1. The molecule has 0 saturated carbocycles. The fourth-order valence-corrected chi connectivity index (χ4v) is 1.83. The van der Waals surface area contributed by atoms with Gasteiger partial charge in [-0.25, -0.2) is 4.79 Å². The van der Waals surface area contributed by atoms with Crippen LogP contribution in [0, 0.1) is 0 Å². The van der Waals surface area contributed by atoms with Gasteiger partial charge in [0.15, 0.2) is 6.61 Å². The van der Waals surface area contributed by atoms with Crippen LogP contribution < -0.4 is 15.4 Å². The minimum Gasteiger partial charge on any atom is -0.482 e. The second kappa shape index (κ2) is 5.05. The number of carbonyl (C=O) groups is 2. The van der Waals surface area contributed by atoms with E-state index in [2.05, 4.69) is 0 Å². The van der Waals surface area contributed by atoms with Crippen LogP contribution in [-0.2, 0) is 4.79 Å². The van der Waals surface area contributed by atoms with Crippen molar-refractivity contribution in [2.24, 2.45) is 5.73 Å². The molecule has 1 aromatic carbocycles. The number of hydrogen-bond donors (Lipinski definition) is 2. The second-order valence-corrected chi connectivity index (χ2v) is 3.96. The first-order valence-electron chi connectivity index (χ1n) is 5.64. The lowest BCUT2D eigenvalue weighted by Gasteiger charge is -2.29. The van der Waals surface area contributed by atoms with Crippen LogP contribution in [0.25, 0.3) is 0 Å². The molecule has 0 spiro atoms. The second-order valence-electron chi connectivity index (χ2n) is 3.96. The molecule has 0 atom stereocenters. The van der Waals surface area contributed by atoms with E-state index < -0.39 is 5.97 Å². The fraction of sp³-hybridized carbons (Fsp3) is 0.333. The number of amides is 1. The van der Waals surface area contributed by atoms with E-state index in [1.807, 2.05) is 0 Å². The van der Waals surface area contributed by atoms with Crippen LogP contribution in [0.2, 0.25) is 0 Å². The Balaban J connectivity index is 2.32. The van der Waals surface area contributed by atoms with Gasteiger partial charge in [-0.2, -0.15) is 0 Å². The van der Waals surface area contributed by atoms with Gasteiger partial charge in [-0.05, 0) is 31.2 Å². The number of rotatable bonds is 4. The summed E-state index contributed by atoms with van der Waals surface area (Å²) in [6.07, 6.45) is 0.686. The first-order valence-corrected chi connectivity index (χ1v) is 5.64. The predicted molar refractivity (Wildman–Crippen MR) is 64.9 cm³/mol. The lowest BCUT2D eigenvalue weighted by Crippen LogP contribution is -2.40. The number of nitrogens with zero attached hydrogens (tertiary/aromatic N) is 1. The van der Waals surface area contributed by atoms with Gasteiger partial charge in [0, 0.05) is 6.54 Å². The van der Waals surface area contributed by atoms with Crippen LogP contribution in [0.4, 0.5) is 5.69 Å². The monoisotopic (exact) mass is 250 g/mol. The number of carbonyl (C=O) groups excluding carboxylic acids is 1. The Morgan fingerprint density at radius 1 is 1.50 bits per heavy atom. The molecule has 1 aliphatic rings. The van der Waals surface area contributed by atoms with Crippen LogP contribution in [-0.4, -0.2) is 36.7 Å². The van der Waals surface area contributed by atoms with Gasteiger partial charge in [-0.1, -0.05) is 0 Å². The maximum Gasteiger partial charge on any atom is 0.335 e. The molecule has 0 radical (unpaired) electrons. The Kier molecular flexibility index (Phi) is 3.47. The van der Waals surface area contributed by atoms with E-state index in [4.69, 9.17) is 15.6 Å². The summed E-state index contributed by atoms with van der Waals surface area (Å²) < 4.78 is 5.25. The number of ether oxygens (including phenoxy) is 1. The summed E-state index contributed by atoms with van der Waals surface area (Å²) in [4.78, 5) is 24.2. The van der Waals surface area contributed by atoms with E-state index in [0.29, 0.717) is 30.9 Å². The standard InChI is InChI=1S/C12H14N2O4/c13-4-1-5-14-9-3-2-8(12(16)17)6-10(9)18-7-11(14)15/h2-3,6H,1,4-5,7,13H2,(H,16,17). The highest BCUT2D eigenvalue weighted by Gasteiger charge is 2.25. The van der Waals surface area contributed by atoms with Crippen molar-refractivity contribution in [3.05, 3.63) is 23.8 Å². The van der Waals surface area contributed by atoms with Crippen LogP contribution in [0.3, 0.4) is 0 Å². The van der Waals surface area contributed by atoms with Gasteiger partial charge in [0.1, 0.15) is 5.75 Å². The average Bonchev–Trinajstić information content (AvgIpc) is 2.37. The Bertz CT molecular complexity index is 487. The normalized spacial score (nSPS) is 14.1. The van der Waals surface area contributed by atoms with Crippen molar-refractivity contribution in [1.29, 1.82) is 0 Å². The summed E-state index contributed by atoms with van der Waals surface area (Å²) in [5.74, 6) is -0.739. The lowest BCUT2D eigenvalue weighted by atomic mass is 10.1. The quantitative estimate of drug-likeness (QED) is 0.809. The highest BCUT2D eigenvalue weighted by molar-refractivity contribution is 5.99. The molecule has 18 heavy (non-hydrogen) atoms. The summed E-state index contributed by atoms with van der Waals surface area (Å²) in [7, 11) is 0. The summed E-state index contributed by atoms with van der Waals surface area (Å²) in [5.41, 5.74) is 6.17. The number of fused-ring (bicyclic) bond motifs is 1. The Hall–Kier alpha value is -2.08. The highest BCUT2D eigenvalue weighted by Crippen LogP contribution is 2.32. The molecule has 3 N–H and O–H groups in total. The van der Waals surface area contributed by atoms with Gasteiger partial charge in [0.25, 0.3) is 5.91 Å². The zero-order chi connectivity index (χ0) is 13.1. The molecule has 1 amide bonds. The summed E-state index contributed by atoms with van der Waals surface area (Å²) in [6.45, 7) is 0.936. The predicted octanol–water partition coefficient (Wildman–Crippen LogP) is 0.459. The van der Waals surface area contributed by atoms with Gasteiger partial charge >= 0.3 is 5.97 Å². The Morgan fingerprint density at radius 3 is 2.94 bits per heavy atom. The van der Waals surface area contributed by atoms with Gasteiger partial charge in [0.05, 0.1) is 11.3 Å². The zero-order valence-electron chi connectivity index (χ0n) is 9.76. The van der Waals surface area contributed by atoms with Crippen molar-refractivity contribution in [3.63, 3.8) is 0 Å². The third-order valence-electron chi connectivity index (χ3n) is 2.74. The minimum absolute atomic E-state index is 0.0688. The van der Waals surface area contributed by atoms with Gasteiger partial charge in [0.2, 0.25) is 0 Å². The SMILES string of the molecule is NCCCN1C(=O)COc2cc(C(=O)O)ccc21. The maximum atomic E-state index is 11.7. The first-order chi connectivity index (χ1) is 8.63. The molecule has 0 aliphatic carbocycles. The molecule has 6 nitrogen and oxygen atoms in total. The van der Waals surface area contributed by atoms with E-state index in [1.165, 1.54) is 12.1 Å². The number of aromatic carboxylic acids is 1. The van der Waals surface area contributed by atoms with E-state index in [0.717, 1.165) is 0 Å². The van der Waals surface area contributed by atoms with Crippen molar-refractivity contribution >= 4 is 17.6 Å². The number of hydrogen-bond acceptors (Lipinski definition) is 4. The van der Waals surface area contributed by atoms with Crippen LogP contribution in [0.15, 0.2) is 18.2 Å². The maximum absolute atomic E-state index is 11.7. The average molecular weight is 250 g/mol. The van der Waals surface area contributed by atoms with Gasteiger partial charge < -0.3 is 20.5 Å². The molecule has 1 aromatic rings. The third-order valence-corrected chi connectivity index (χ3v) is 2.74. The van der Waals surface area contributed by atoms with Crippen LogP contribution >= 0.6 is 0 Å². The largest absolute Gasteiger partial charge is 0.482 e. The minimum atomic E-state index is -1.02. The molecule has 0 unspecified atom stereocenters. The molecular weight excluding hydrogens is 236 g/mol. The van der Waals surface area contributed by atoms with Gasteiger partial charge in [-0.15, -0.1) is 0 Å². The van der Waals surface area contributed by atoms with Crippen LogP contribution in [0.1, 0.15) is 16.8 Å². The molecule has 2 rings (SSSR count). The smallest absolute Gasteiger partial charge is 0.335 e. The summed E-state index contributed by atoms with van der Waals surface area (Å²) in [6, 6.07) is 4.48. The van der Waals surface area contributed by atoms with E-state index in [1.54, 1.807) is 11.0 Å². The highest BCUT2D eigenvalue weighted by atomic mass is 16.5. The zero-order valence-corrected chi connectivity index (χ0v) is 9.76. The number of benzene rings is 1. The van der Waals surface area contributed by atoms with Crippen molar-refractivity contribution in [2.75, 3.05) is 24.6 Å². The van der Waals surface area contributed by atoms with E-state index >= 15 is 0 Å². The molecule has 1 aliphatic heterocycles. The molecule has 0 aromatic heterocycles. The van der Waals surface area contributed by atoms with Crippen molar-refractivity contribution in [2.45, 2.75) is 6.42 Å². The molecular formula is C12H14N2O4. The molecule has 0 fully saturated rings. The molecule has 96 valence electrons. The Labute approximate surface area is 104 Å². The summed E-state index contributed by atoms with van der Waals surface area (Å²) >= 11 is 0.